The molecule has 0 unspecified atom stereocenters. The molecule has 9 heteroatoms. The van der Waals surface area contributed by atoms with Crippen LogP contribution < -0.4 is 15.5 Å². The number of hydrogen-bond donors (Lipinski definition) is 5. The number of rotatable bonds is 6. The fraction of sp³-hybridized carbons (Fsp3) is 0.185. The van der Waals surface area contributed by atoms with Crippen molar-refractivity contribution in [2.24, 2.45) is 5.10 Å². The van der Waals surface area contributed by atoms with Gasteiger partial charge in [-0.1, -0.05) is 42.0 Å². The van der Waals surface area contributed by atoms with Gasteiger partial charge in [0.05, 0.1) is 18.0 Å². The van der Waals surface area contributed by atoms with Crippen LogP contribution in [0.2, 0.25) is 0 Å². The van der Waals surface area contributed by atoms with Gasteiger partial charge in [0.15, 0.2) is 6.29 Å². The molecule has 0 radical (unpaired) electrons. The van der Waals surface area contributed by atoms with Gasteiger partial charge in [0.1, 0.15) is 17.2 Å². The summed E-state index contributed by atoms with van der Waals surface area (Å²) in [5, 5.41) is 31.6. The van der Waals surface area contributed by atoms with Crippen molar-refractivity contribution in [3.05, 3.63) is 71.8 Å². The third-order valence-corrected chi connectivity index (χ3v) is 5.14. The number of carboxylic acid groups (broad SMARTS) is 1. The van der Waals surface area contributed by atoms with E-state index in [0.717, 1.165) is 35.6 Å². The molecule has 0 bridgehead atoms. The first-order valence-electron chi connectivity index (χ1n) is 11.1. The molecule has 0 fully saturated rings. The monoisotopic (exact) mass is 490 g/mol. The number of anilines is 2. The summed E-state index contributed by atoms with van der Waals surface area (Å²) >= 11 is 0. The van der Waals surface area contributed by atoms with Crippen molar-refractivity contribution in [2.75, 3.05) is 24.4 Å². The predicted octanol–water partition coefficient (Wildman–Crippen LogP) is 4.74. The number of aromatic hydroxyl groups is 1. The predicted molar refractivity (Wildman–Crippen MR) is 143 cm³/mol. The quantitative estimate of drug-likeness (QED) is 0.145. The highest BCUT2D eigenvalue weighted by molar-refractivity contribution is 6.60. The van der Waals surface area contributed by atoms with Gasteiger partial charge < -0.3 is 25.7 Å². The number of carbonyl (C=O) groups is 2. The Morgan fingerprint density at radius 2 is 1.83 bits per heavy atom. The Kier molecular flexibility index (Phi) is 10.7. The second kappa shape index (κ2) is 13.9. The van der Waals surface area contributed by atoms with Gasteiger partial charge in [0.2, 0.25) is 0 Å². The molecule has 1 heterocycles. The first-order chi connectivity index (χ1) is 17.3. The van der Waals surface area contributed by atoms with Crippen LogP contribution >= 0.6 is 0 Å². The molecule has 188 valence electrons. The number of fused-ring (bicyclic) bond motifs is 1. The van der Waals surface area contributed by atoms with Crippen molar-refractivity contribution >= 4 is 35.6 Å². The second-order valence-corrected chi connectivity index (χ2v) is 7.70. The van der Waals surface area contributed by atoms with Crippen molar-refractivity contribution in [1.82, 2.24) is 0 Å². The average molecular weight is 491 g/mol. The fourth-order valence-corrected chi connectivity index (χ4v) is 3.34. The molecule has 3 aromatic rings. The minimum absolute atomic E-state index is 0.0136. The maximum Gasteiger partial charge on any atom is 0.290 e. The third kappa shape index (κ3) is 7.69. The molecule has 1 aliphatic heterocycles. The summed E-state index contributed by atoms with van der Waals surface area (Å²) in [5.74, 6) is 1.09. The lowest BCUT2D eigenvalue weighted by Crippen LogP contribution is -2.12. The van der Waals surface area contributed by atoms with E-state index in [1.165, 1.54) is 12.5 Å². The Morgan fingerprint density at radius 3 is 2.47 bits per heavy atom. The number of hydrogen-bond acceptors (Lipinski definition) is 8. The number of phenolic OH excluding ortho intramolecular Hbond substituents is 1. The molecule has 0 aliphatic carbocycles. The second-order valence-electron chi connectivity index (χ2n) is 7.70. The van der Waals surface area contributed by atoms with Gasteiger partial charge >= 0.3 is 0 Å². The standard InChI is InChI=1S/C17H17N3O2.C9H11NO.CH2O2/c1-11-5-3-6-13(9-11)14-7-4-8-15(17(14)22)19-20-16(10-21)12(2)18;1-10-8-2-3-9-7(6-8)4-5-11-9;2-1-3/h3-10,18-19,22H,1-2H3;2-3,6,10H,4-5H2,1H3;1H,(H,2,3)/b18-12?,20-16+;;. The summed E-state index contributed by atoms with van der Waals surface area (Å²) in [5.41, 5.74) is 8.18. The molecule has 36 heavy (non-hydrogen) atoms. The Labute approximate surface area is 210 Å². The maximum absolute atomic E-state index is 10.8. The first kappa shape index (κ1) is 27.6. The molecule has 0 amide bonds. The van der Waals surface area contributed by atoms with E-state index in [1.54, 1.807) is 12.1 Å². The minimum Gasteiger partial charge on any atom is -0.505 e. The number of benzene rings is 3. The highest BCUT2D eigenvalue weighted by Crippen LogP contribution is 2.35. The van der Waals surface area contributed by atoms with E-state index in [-0.39, 0.29) is 23.6 Å². The van der Waals surface area contributed by atoms with Crippen molar-refractivity contribution in [2.45, 2.75) is 20.3 Å². The largest absolute Gasteiger partial charge is 0.505 e. The zero-order valence-electron chi connectivity index (χ0n) is 20.4. The van der Waals surface area contributed by atoms with Crippen LogP contribution in [0.5, 0.6) is 11.5 Å². The van der Waals surface area contributed by atoms with Gasteiger partial charge in [-0.25, -0.2) is 0 Å². The Morgan fingerprint density at radius 1 is 1.11 bits per heavy atom. The SMILES string of the molecule is CC(=N)/C(C=O)=N/Nc1cccc(-c2cccc(C)c2)c1O.CNc1ccc2c(c1)CCO2.O=CO. The van der Waals surface area contributed by atoms with Gasteiger partial charge in [0, 0.05) is 24.7 Å². The van der Waals surface area contributed by atoms with E-state index in [0.29, 0.717) is 17.5 Å². The molecule has 0 saturated heterocycles. The number of aryl methyl sites for hydroxylation is 1. The summed E-state index contributed by atoms with van der Waals surface area (Å²) in [4.78, 5) is 19.2. The topological polar surface area (TPSA) is 144 Å². The van der Waals surface area contributed by atoms with Crippen LogP contribution in [0.1, 0.15) is 18.1 Å². The Balaban J connectivity index is 0.000000269. The zero-order valence-corrected chi connectivity index (χ0v) is 20.4. The first-order valence-corrected chi connectivity index (χ1v) is 11.1. The third-order valence-electron chi connectivity index (χ3n) is 5.14. The number of aldehydes is 1. The molecule has 0 saturated carbocycles. The Hall–Kier alpha value is -4.66. The minimum atomic E-state index is -0.250. The normalized spacial score (nSPS) is 11.4. The molecular formula is C27H30N4O5. The lowest BCUT2D eigenvalue weighted by Gasteiger charge is -2.10. The van der Waals surface area contributed by atoms with E-state index in [4.69, 9.17) is 20.0 Å². The van der Waals surface area contributed by atoms with E-state index in [9.17, 15) is 9.90 Å². The lowest BCUT2D eigenvalue weighted by atomic mass is 10.0. The van der Waals surface area contributed by atoms with Gasteiger partial charge in [-0.3, -0.25) is 15.0 Å². The summed E-state index contributed by atoms with van der Waals surface area (Å²) in [7, 11) is 1.93. The molecular weight excluding hydrogens is 460 g/mol. The zero-order chi connectivity index (χ0) is 26.5. The summed E-state index contributed by atoms with van der Waals surface area (Å²) in [6, 6.07) is 19.2. The lowest BCUT2D eigenvalue weighted by molar-refractivity contribution is -0.122. The highest BCUT2D eigenvalue weighted by Gasteiger charge is 2.11. The molecule has 4 rings (SSSR count). The van der Waals surface area contributed by atoms with Crippen LogP contribution in [0.3, 0.4) is 0 Å². The molecule has 0 atom stereocenters. The van der Waals surface area contributed by atoms with Gasteiger partial charge in [-0.2, -0.15) is 5.10 Å². The summed E-state index contributed by atoms with van der Waals surface area (Å²) in [6.45, 7) is 4.04. The molecule has 0 spiro atoms. The number of carbonyl (C=O) groups excluding carboxylic acids is 1. The van der Waals surface area contributed by atoms with Crippen LogP contribution in [-0.2, 0) is 16.0 Å². The van der Waals surface area contributed by atoms with Crippen LogP contribution in [0.25, 0.3) is 11.1 Å². The van der Waals surface area contributed by atoms with Gasteiger partial charge in [0.25, 0.3) is 6.47 Å². The van der Waals surface area contributed by atoms with Crippen LogP contribution in [0.15, 0.2) is 65.8 Å². The number of phenols is 1. The van der Waals surface area contributed by atoms with Gasteiger partial charge in [-0.15, -0.1) is 0 Å². The van der Waals surface area contributed by atoms with Crippen molar-refractivity contribution in [3.8, 4) is 22.6 Å². The van der Waals surface area contributed by atoms with Crippen LogP contribution in [0, 0.1) is 12.3 Å². The highest BCUT2D eigenvalue weighted by atomic mass is 16.5. The average Bonchev–Trinajstić information content (AvgIpc) is 3.34. The number of ether oxygens (including phenoxy) is 1. The van der Waals surface area contributed by atoms with E-state index >= 15 is 0 Å². The van der Waals surface area contributed by atoms with Crippen molar-refractivity contribution in [1.29, 1.82) is 5.41 Å². The van der Waals surface area contributed by atoms with Crippen molar-refractivity contribution < 1.29 is 24.5 Å². The maximum atomic E-state index is 10.8. The molecule has 3 aromatic carbocycles. The summed E-state index contributed by atoms with van der Waals surface area (Å²) < 4.78 is 5.37. The fourth-order valence-electron chi connectivity index (χ4n) is 3.34. The molecule has 1 aliphatic rings. The Bertz CT molecular complexity index is 1240. The molecule has 0 aromatic heterocycles. The number of nitrogens with one attached hydrogen (secondary N) is 3. The smallest absolute Gasteiger partial charge is 0.290 e. The van der Waals surface area contributed by atoms with Crippen molar-refractivity contribution in [3.63, 3.8) is 0 Å². The number of nitrogens with zero attached hydrogens (tertiary/aromatic N) is 1. The van der Waals surface area contributed by atoms with Crippen LogP contribution in [0.4, 0.5) is 11.4 Å². The number of hydrazone groups is 1. The molecule has 5 N–H and O–H groups in total. The van der Waals surface area contributed by atoms with Crippen LogP contribution in [-0.4, -0.2) is 48.0 Å². The van der Waals surface area contributed by atoms with Gasteiger partial charge in [-0.05, 0) is 49.2 Å². The number of para-hydroxylation sites is 1. The van der Waals surface area contributed by atoms with E-state index in [1.807, 2.05) is 56.4 Å². The molecule has 9 nitrogen and oxygen atoms in total. The van der Waals surface area contributed by atoms with E-state index in [2.05, 4.69) is 21.9 Å². The summed E-state index contributed by atoms with van der Waals surface area (Å²) in [6.07, 6.45) is 1.54. The van der Waals surface area contributed by atoms with E-state index < -0.39 is 0 Å².